The van der Waals surface area contributed by atoms with Crippen molar-refractivity contribution < 1.29 is 5.11 Å². The maximum atomic E-state index is 10.6. The summed E-state index contributed by atoms with van der Waals surface area (Å²) in [6, 6.07) is 0.187. The molecule has 4 heteroatoms. The van der Waals surface area contributed by atoms with E-state index in [0.717, 1.165) is 19.3 Å². The second-order valence-electron chi connectivity index (χ2n) is 5.08. The van der Waals surface area contributed by atoms with Crippen LogP contribution in [0.1, 0.15) is 33.1 Å². The minimum atomic E-state index is -0.932. The van der Waals surface area contributed by atoms with Crippen LogP contribution in [0.2, 0.25) is 0 Å². The number of hydrogen-bond acceptors (Lipinski definition) is 3. The third-order valence-electron chi connectivity index (χ3n) is 3.91. The predicted octanol–water partition coefficient (Wildman–Crippen LogP) is 1.52. The smallest absolute Gasteiger partial charge is 0.128 e. The lowest BCUT2D eigenvalue weighted by atomic mass is 9.71. The van der Waals surface area contributed by atoms with Crippen molar-refractivity contribution in [2.45, 2.75) is 50.1 Å². The van der Waals surface area contributed by atoms with Crippen molar-refractivity contribution in [1.82, 2.24) is 0 Å². The van der Waals surface area contributed by atoms with Gasteiger partial charge in [0.1, 0.15) is 11.4 Å². The van der Waals surface area contributed by atoms with Crippen molar-refractivity contribution >= 4 is 17.4 Å². The lowest BCUT2D eigenvalue weighted by Crippen LogP contribution is -2.53. The Labute approximate surface area is 95.7 Å². The van der Waals surface area contributed by atoms with Gasteiger partial charge < -0.3 is 10.8 Å². The second-order valence-corrected chi connectivity index (χ2v) is 5.70. The molecule has 0 amide bonds. The molecule has 0 aromatic heterocycles. The molecule has 1 saturated carbocycles. The van der Waals surface area contributed by atoms with Crippen LogP contribution in [-0.2, 0) is 0 Å². The Kier molecular flexibility index (Phi) is 2.72. The fourth-order valence-corrected chi connectivity index (χ4v) is 3.24. The van der Waals surface area contributed by atoms with Gasteiger partial charge in [-0.2, -0.15) is 0 Å². The summed E-state index contributed by atoms with van der Waals surface area (Å²) in [6.45, 7) is 3.98. The fourth-order valence-electron chi connectivity index (χ4n) is 2.93. The highest BCUT2D eigenvalue weighted by atomic mass is 35.5. The Morgan fingerprint density at radius 3 is 2.80 bits per heavy atom. The van der Waals surface area contributed by atoms with Crippen LogP contribution >= 0.6 is 11.6 Å². The van der Waals surface area contributed by atoms with Crippen LogP contribution in [0.5, 0.6) is 0 Å². The van der Waals surface area contributed by atoms with Gasteiger partial charge in [0.2, 0.25) is 0 Å². The minimum absolute atomic E-state index is 0.0956. The maximum absolute atomic E-state index is 10.6. The van der Waals surface area contributed by atoms with Crippen LogP contribution in [0.15, 0.2) is 4.99 Å². The zero-order chi connectivity index (χ0) is 11.2. The van der Waals surface area contributed by atoms with Gasteiger partial charge in [-0.3, -0.25) is 4.99 Å². The summed E-state index contributed by atoms with van der Waals surface area (Å²) in [5.74, 6) is 0.630. The molecule has 1 aliphatic heterocycles. The number of aliphatic hydroxyl groups is 1. The largest absolute Gasteiger partial charge is 0.385 e. The first-order chi connectivity index (χ1) is 6.96. The molecule has 0 radical (unpaired) electrons. The number of nitrogens with two attached hydrogens (primary N) is 1. The third-order valence-corrected chi connectivity index (χ3v) is 4.31. The molecule has 0 spiro atoms. The molecule has 0 aromatic rings. The molecule has 3 nitrogen and oxygen atoms in total. The summed E-state index contributed by atoms with van der Waals surface area (Å²) in [7, 11) is 0. The van der Waals surface area contributed by atoms with Crippen molar-refractivity contribution in [3.05, 3.63) is 0 Å². The number of fused-ring (bicyclic) bond motifs is 1. The molecule has 86 valence electrons. The number of hydrogen-bond donors (Lipinski definition) is 2. The monoisotopic (exact) mass is 230 g/mol. The van der Waals surface area contributed by atoms with Crippen molar-refractivity contribution in [2.75, 3.05) is 0 Å². The van der Waals surface area contributed by atoms with Crippen molar-refractivity contribution in [2.24, 2.45) is 22.6 Å². The van der Waals surface area contributed by atoms with E-state index in [1.54, 1.807) is 0 Å². The van der Waals surface area contributed by atoms with E-state index >= 15 is 0 Å². The number of alkyl halides is 1. The predicted molar refractivity (Wildman–Crippen MR) is 62.2 cm³/mol. The molecule has 2 rings (SSSR count). The van der Waals surface area contributed by atoms with Gasteiger partial charge in [-0.15, -0.1) is 11.6 Å². The van der Waals surface area contributed by atoms with Gasteiger partial charge in [0, 0.05) is 11.3 Å². The minimum Gasteiger partial charge on any atom is -0.385 e. The first kappa shape index (κ1) is 11.2. The number of amidine groups is 1. The molecular formula is C11H19ClN2O. The molecule has 1 heterocycles. The lowest BCUT2D eigenvalue weighted by Gasteiger charge is -2.39. The summed E-state index contributed by atoms with van der Waals surface area (Å²) < 4.78 is 0. The Morgan fingerprint density at radius 2 is 2.20 bits per heavy atom. The number of rotatable bonds is 1. The van der Waals surface area contributed by atoms with Crippen LogP contribution in [0.4, 0.5) is 0 Å². The molecule has 1 aliphatic carbocycles. The molecule has 4 atom stereocenters. The van der Waals surface area contributed by atoms with Crippen molar-refractivity contribution in [3.8, 4) is 0 Å². The zero-order valence-corrected chi connectivity index (χ0v) is 10.0. The average Bonchev–Trinajstić information content (AvgIpc) is 2.42. The molecule has 3 N–H and O–H groups in total. The van der Waals surface area contributed by atoms with E-state index in [4.69, 9.17) is 17.3 Å². The molecular weight excluding hydrogens is 212 g/mol. The Hall–Kier alpha value is -0.280. The number of nitrogens with zero attached hydrogens (tertiary/aromatic N) is 1. The first-order valence-electron chi connectivity index (χ1n) is 5.66. The van der Waals surface area contributed by atoms with Gasteiger partial charge in [0.15, 0.2) is 0 Å². The van der Waals surface area contributed by atoms with Gasteiger partial charge in [-0.1, -0.05) is 13.8 Å². The van der Waals surface area contributed by atoms with Gasteiger partial charge in [-0.05, 0) is 25.2 Å². The van der Waals surface area contributed by atoms with Crippen LogP contribution in [0.25, 0.3) is 0 Å². The lowest BCUT2D eigenvalue weighted by molar-refractivity contribution is -0.00398. The normalized spacial score (nSPS) is 45.4. The van der Waals surface area contributed by atoms with Crippen LogP contribution in [0, 0.1) is 11.8 Å². The Morgan fingerprint density at radius 1 is 1.53 bits per heavy atom. The van der Waals surface area contributed by atoms with E-state index < -0.39 is 5.60 Å². The van der Waals surface area contributed by atoms with Crippen LogP contribution in [-0.4, -0.2) is 28.0 Å². The standard InChI is InChI=1S/C11H19ClN2O/c1-6(2)11(15)8-5-7(12)3-4-9(8)14-10(11)13/h6-9,15H,3-5H2,1-2H3,(H2,13,14). The van der Waals surface area contributed by atoms with E-state index in [2.05, 4.69) is 4.99 Å². The van der Waals surface area contributed by atoms with E-state index in [9.17, 15) is 5.11 Å². The molecule has 15 heavy (non-hydrogen) atoms. The number of aliphatic imine (C=N–C) groups is 1. The fraction of sp³-hybridized carbons (Fsp3) is 0.909. The molecule has 0 bridgehead atoms. The topological polar surface area (TPSA) is 58.6 Å². The summed E-state index contributed by atoms with van der Waals surface area (Å²) in [5.41, 5.74) is 4.94. The van der Waals surface area contributed by atoms with Gasteiger partial charge in [-0.25, -0.2) is 0 Å². The van der Waals surface area contributed by atoms with E-state index in [0.29, 0.717) is 5.84 Å². The van der Waals surface area contributed by atoms with Crippen LogP contribution in [0.3, 0.4) is 0 Å². The quantitative estimate of drug-likeness (QED) is 0.671. The Balaban J connectivity index is 2.28. The average molecular weight is 231 g/mol. The molecule has 1 fully saturated rings. The molecule has 0 aromatic carbocycles. The van der Waals surface area contributed by atoms with E-state index in [-0.39, 0.29) is 23.3 Å². The van der Waals surface area contributed by atoms with Crippen LogP contribution < -0.4 is 5.73 Å². The highest BCUT2D eigenvalue weighted by Crippen LogP contribution is 2.44. The van der Waals surface area contributed by atoms with Gasteiger partial charge >= 0.3 is 0 Å². The van der Waals surface area contributed by atoms with Crippen molar-refractivity contribution in [1.29, 1.82) is 0 Å². The number of halogens is 1. The summed E-state index contributed by atoms with van der Waals surface area (Å²) in [4.78, 5) is 4.41. The SMILES string of the molecule is CC(C)C1(O)C(N)=NC2CCC(Cl)CC21. The zero-order valence-electron chi connectivity index (χ0n) is 9.28. The van der Waals surface area contributed by atoms with Gasteiger partial charge in [0.25, 0.3) is 0 Å². The third kappa shape index (κ3) is 1.56. The molecule has 0 saturated heterocycles. The molecule has 2 aliphatic rings. The van der Waals surface area contributed by atoms with Gasteiger partial charge in [0.05, 0.1) is 6.04 Å². The van der Waals surface area contributed by atoms with E-state index in [1.165, 1.54) is 0 Å². The Bertz CT molecular complexity index is 292. The maximum Gasteiger partial charge on any atom is 0.128 e. The second kappa shape index (κ2) is 3.63. The highest BCUT2D eigenvalue weighted by Gasteiger charge is 2.53. The van der Waals surface area contributed by atoms with E-state index in [1.807, 2.05) is 13.8 Å². The summed E-state index contributed by atoms with van der Waals surface area (Å²) in [5, 5.41) is 10.8. The molecule has 4 unspecified atom stereocenters. The summed E-state index contributed by atoms with van der Waals surface area (Å²) >= 11 is 6.16. The highest BCUT2D eigenvalue weighted by molar-refractivity contribution is 6.20. The first-order valence-corrected chi connectivity index (χ1v) is 6.10. The van der Waals surface area contributed by atoms with Crippen molar-refractivity contribution in [3.63, 3.8) is 0 Å². The summed E-state index contributed by atoms with van der Waals surface area (Å²) in [6.07, 6.45) is 2.76.